The van der Waals surface area contributed by atoms with E-state index < -0.39 is 12.4 Å². The van der Waals surface area contributed by atoms with Crippen LogP contribution in [0.2, 0.25) is 0 Å². The molecule has 1 aliphatic rings. The molecule has 2 unspecified atom stereocenters. The SMILES string of the molecule is CCCCCCCCCCCCCOC(=O)OC(c1ccccc1)[N+]1(C)CCC=C(c2nsnc2OCCCCCC)C1. The molecule has 240 valence electrons. The van der Waals surface area contributed by atoms with Gasteiger partial charge in [-0.05, 0) is 25.0 Å². The molecule has 0 radical (unpaired) electrons. The summed E-state index contributed by atoms with van der Waals surface area (Å²) in [5.41, 5.74) is 2.86. The van der Waals surface area contributed by atoms with Crippen LogP contribution in [0.4, 0.5) is 4.79 Å². The van der Waals surface area contributed by atoms with Gasteiger partial charge in [-0.15, -0.1) is 4.37 Å². The van der Waals surface area contributed by atoms with Gasteiger partial charge in [0, 0.05) is 12.0 Å². The maximum Gasteiger partial charge on any atom is 0.513 e. The van der Waals surface area contributed by atoms with Gasteiger partial charge < -0.3 is 14.2 Å². The Morgan fingerprint density at radius 1 is 0.837 bits per heavy atom. The van der Waals surface area contributed by atoms with Crippen molar-refractivity contribution >= 4 is 23.5 Å². The van der Waals surface area contributed by atoms with Crippen molar-refractivity contribution in [2.45, 2.75) is 123 Å². The molecule has 2 atom stereocenters. The van der Waals surface area contributed by atoms with Crippen molar-refractivity contribution < 1.29 is 23.5 Å². The average molecular weight is 615 g/mol. The molecule has 0 aliphatic carbocycles. The number of nitrogens with zero attached hydrogens (tertiary/aromatic N) is 3. The second-order valence-corrected chi connectivity index (χ2v) is 12.7. The summed E-state index contributed by atoms with van der Waals surface area (Å²) in [5, 5.41) is 0. The zero-order valence-corrected chi connectivity index (χ0v) is 27.9. The maximum atomic E-state index is 12.9. The molecule has 1 aromatic heterocycles. The topological polar surface area (TPSA) is 70.5 Å². The van der Waals surface area contributed by atoms with Gasteiger partial charge in [0.2, 0.25) is 0 Å². The van der Waals surface area contributed by atoms with Crippen molar-refractivity contribution in [3.05, 3.63) is 47.7 Å². The Hall–Kier alpha value is -2.45. The number of quaternary nitrogens is 1. The molecule has 0 saturated carbocycles. The summed E-state index contributed by atoms with van der Waals surface area (Å²) in [6.45, 7) is 7.01. The third-order valence-electron chi connectivity index (χ3n) is 8.39. The number of aromatic nitrogens is 2. The van der Waals surface area contributed by atoms with E-state index in [2.05, 4.69) is 35.7 Å². The monoisotopic (exact) mass is 614 g/mol. The molecule has 0 spiro atoms. The van der Waals surface area contributed by atoms with E-state index in [0.29, 0.717) is 30.1 Å². The molecule has 0 amide bonds. The first-order valence-corrected chi connectivity index (χ1v) is 17.7. The number of hydrogen-bond donors (Lipinski definition) is 0. The molecule has 0 N–H and O–H groups in total. The number of ether oxygens (including phenoxy) is 3. The smallest absolute Gasteiger partial charge is 0.475 e. The van der Waals surface area contributed by atoms with Gasteiger partial charge in [0.05, 0.1) is 44.1 Å². The van der Waals surface area contributed by atoms with Gasteiger partial charge in [0.15, 0.2) is 0 Å². The van der Waals surface area contributed by atoms with Gasteiger partial charge in [-0.2, -0.15) is 4.37 Å². The summed E-state index contributed by atoms with van der Waals surface area (Å²) in [7, 11) is 2.15. The second-order valence-electron chi connectivity index (χ2n) is 12.2. The molecule has 2 aromatic rings. The van der Waals surface area contributed by atoms with E-state index in [1.165, 1.54) is 82.4 Å². The third-order valence-corrected chi connectivity index (χ3v) is 8.90. The lowest BCUT2D eigenvalue weighted by Gasteiger charge is -2.42. The molecule has 3 rings (SSSR count). The molecule has 7 nitrogen and oxygen atoms in total. The first kappa shape index (κ1) is 35.0. The van der Waals surface area contributed by atoms with Crippen molar-refractivity contribution in [2.75, 3.05) is 33.4 Å². The fraction of sp³-hybridized carbons (Fsp3) is 0.686. The van der Waals surface area contributed by atoms with Crippen LogP contribution in [-0.4, -0.2) is 52.7 Å². The zero-order chi connectivity index (χ0) is 30.6. The highest BCUT2D eigenvalue weighted by molar-refractivity contribution is 6.99. The molecular formula is C35H56N3O4S+. The molecule has 0 bridgehead atoms. The number of benzene rings is 1. The summed E-state index contributed by atoms with van der Waals surface area (Å²) in [4.78, 5) is 12.9. The Morgan fingerprint density at radius 2 is 1.44 bits per heavy atom. The summed E-state index contributed by atoms with van der Waals surface area (Å²) in [6.07, 6.45) is 20.4. The average Bonchev–Trinajstić information content (AvgIpc) is 3.49. The lowest BCUT2D eigenvalue weighted by molar-refractivity contribution is -0.953. The van der Waals surface area contributed by atoms with E-state index in [1.807, 2.05) is 30.3 Å². The predicted molar refractivity (Wildman–Crippen MR) is 176 cm³/mol. The third kappa shape index (κ3) is 12.6. The molecule has 0 fully saturated rings. The molecule has 0 saturated heterocycles. The maximum absolute atomic E-state index is 12.9. The largest absolute Gasteiger partial charge is 0.513 e. The van der Waals surface area contributed by atoms with Crippen LogP contribution >= 0.6 is 11.7 Å². The highest BCUT2D eigenvalue weighted by atomic mass is 32.1. The van der Waals surface area contributed by atoms with E-state index >= 15 is 0 Å². The van der Waals surface area contributed by atoms with Crippen molar-refractivity contribution in [2.24, 2.45) is 0 Å². The van der Waals surface area contributed by atoms with Crippen LogP contribution in [0.1, 0.15) is 134 Å². The van der Waals surface area contributed by atoms with Crippen molar-refractivity contribution in [1.82, 2.24) is 8.75 Å². The lowest BCUT2D eigenvalue weighted by atomic mass is 10.0. The minimum absolute atomic E-state index is 0.398. The van der Waals surface area contributed by atoms with Crippen molar-refractivity contribution in [1.29, 1.82) is 0 Å². The number of carbonyl (C=O) groups is 1. The Balaban J connectivity index is 1.49. The number of rotatable bonds is 22. The van der Waals surface area contributed by atoms with E-state index in [9.17, 15) is 4.79 Å². The number of hydrogen-bond acceptors (Lipinski definition) is 7. The second kappa shape index (κ2) is 20.5. The van der Waals surface area contributed by atoms with Crippen molar-refractivity contribution in [3.8, 4) is 5.88 Å². The first-order valence-electron chi connectivity index (χ1n) is 16.9. The number of unbranched alkanes of at least 4 members (excludes halogenated alkanes) is 13. The minimum atomic E-state index is -0.595. The predicted octanol–water partition coefficient (Wildman–Crippen LogP) is 9.89. The van der Waals surface area contributed by atoms with Crippen LogP contribution in [0.25, 0.3) is 5.57 Å². The normalized spacial score (nSPS) is 17.3. The van der Waals surface area contributed by atoms with Crippen LogP contribution in [-0.2, 0) is 9.47 Å². The van der Waals surface area contributed by atoms with Gasteiger partial charge in [0.25, 0.3) is 12.1 Å². The molecule has 8 heteroatoms. The molecular weight excluding hydrogens is 558 g/mol. The molecule has 1 aliphatic heterocycles. The molecule has 2 heterocycles. The van der Waals surface area contributed by atoms with Crippen LogP contribution in [0, 0.1) is 0 Å². The van der Waals surface area contributed by atoms with E-state index in [0.717, 1.165) is 55.5 Å². The lowest BCUT2D eigenvalue weighted by Crippen LogP contribution is -2.51. The fourth-order valence-corrected chi connectivity index (χ4v) is 6.36. The summed E-state index contributed by atoms with van der Waals surface area (Å²) < 4.78 is 27.3. The number of carbonyl (C=O) groups excluding carboxylic acids is 1. The summed E-state index contributed by atoms with van der Waals surface area (Å²) in [5.74, 6) is 0.616. The van der Waals surface area contributed by atoms with Gasteiger partial charge in [0.1, 0.15) is 12.2 Å². The fourth-order valence-electron chi connectivity index (χ4n) is 5.83. The Bertz CT molecular complexity index is 1060. The standard InChI is InChI=1S/C35H56N3O4S/c1-4-6-8-10-11-12-13-14-15-16-21-28-41-35(39)42-34(30-23-18-17-19-24-30)38(3)26-22-25-31(29-38)32-33(37-43-36-32)40-27-20-9-7-5-2/h17-19,23-25,34H,4-16,20-22,26-29H2,1-3H3/q+1. The van der Waals surface area contributed by atoms with E-state index in [1.54, 1.807) is 0 Å². The van der Waals surface area contributed by atoms with E-state index in [-0.39, 0.29) is 0 Å². The first-order chi connectivity index (χ1) is 21.1. The zero-order valence-electron chi connectivity index (χ0n) is 27.1. The van der Waals surface area contributed by atoms with Crippen LogP contribution in [0.15, 0.2) is 36.4 Å². The number of likely N-dealkylation sites (N-methyl/N-ethyl adjacent to an activating group) is 1. The molecule has 43 heavy (non-hydrogen) atoms. The Kier molecular flexibility index (Phi) is 16.7. The molecule has 1 aromatic carbocycles. The Morgan fingerprint density at radius 3 is 2.12 bits per heavy atom. The van der Waals surface area contributed by atoms with E-state index in [4.69, 9.17) is 14.2 Å². The summed E-state index contributed by atoms with van der Waals surface area (Å²) >= 11 is 1.19. The van der Waals surface area contributed by atoms with Crippen molar-refractivity contribution in [3.63, 3.8) is 0 Å². The Labute approximate surface area is 264 Å². The minimum Gasteiger partial charge on any atom is -0.475 e. The van der Waals surface area contributed by atoms with Gasteiger partial charge in [-0.1, -0.05) is 122 Å². The highest BCUT2D eigenvalue weighted by Gasteiger charge is 2.41. The van der Waals surface area contributed by atoms with Crippen LogP contribution < -0.4 is 4.74 Å². The van der Waals surface area contributed by atoms with Crippen LogP contribution in [0.5, 0.6) is 5.88 Å². The summed E-state index contributed by atoms with van der Waals surface area (Å²) in [6, 6.07) is 10.0. The van der Waals surface area contributed by atoms with Crippen LogP contribution in [0.3, 0.4) is 0 Å². The van der Waals surface area contributed by atoms with Gasteiger partial charge in [-0.25, -0.2) is 4.79 Å². The van der Waals surface area contributed by atoms with Gasteiger partial charge >= 0.3 is 6.16 Å². The van der Waals surface area contributed by atoms with Gasteiger partial charge in [-0.3, -0.25) is 4.48 Å². The highest BCUT2D eigenvalue weighted by Crippen LogP contribution is 2.37. The quantitative estimate of drug-likeness (QED) is 0.0747.